The van der Waals surface area contributed by atoms with Crippen molar-refractivity contribution in [3.8, 4) is 0 Å². The third kappa shape index (κ3) is 3.94. The van der Waals surface area contributed by atoms with E-state index in [1.807, 2.05) is 4.68 Å². The Kier molecular flexibility index (Phi) is 4.67. The van der Waals surface area contributed by atoms with Crippen molar-refractivity contribution in [2.75, 3.05) is 6.54 Å². The van der Waals surface area contributed by atoms with Gasteiger partial charge in [-0.05, 0) is 18.8 Å². The summed E-state index contributed by atoms with van der Waals surface area (Å²) >= 11 is 0. The molecule has 7 heteroatoms. The van der Waals surface area contributed by atoms with Crippen molar-refractivity contribution in [1.29, 1.82) is 0 Å². The summed E-state index contributed by atoms with van der Waals surface area (Å²) in [6, 6.07) is 0.0590. The predicted molar refractivity (Wildman–Crippen MR) is 69.1 cm³/mol. The summed E-state index contributed by atoms with van der Waals surface area (Å²) in [6.45, 7) is 4.98. The highest BCUT2D eigenvalue weighted by Gasteiger charge is 2.41. The number of piperidine rings is 1. The molecule has 0 aromatic carbocycles. The van der Waals surface area contributed by atoms with Crippen LogP contribution >= 0.6 is 0 Å². The molecule has 1 aromatic rings. The van der Waals surface area contributed by atoms with Gasteiger partial charge in [0.05, 0.1) is 5.92 Å². The number of hydrogen-bond acceptors (Lipinski definition) is 3. The van der Waals surface area contributed by atoms with Crippen molar-refractivity contribution in [2.24, 2.45) is 11.8 Å². The summed E-state index contributed by atoms with van der Waals surface area (Å²) in [5.41, 5.74) is 0. The topological polar surface area (TPSA) is 42.7 Å². The van der Waals surface area contributed by atoms with Gasteiger partial charge in [-0.2, -0.15) is 18.3 Å². The van der Waals surface area contributed by atoms with Gasteiger partial charge >= 0.3 is 6.18 Å². The Balaban J connectivity index is 1.88. The molecule has 0 spiro atoms. The van der Waals surface area contributed by atoms with E-state index in [0.29, 0.717) is 18.8 Å². The minimum Gasteiger partial charge on any atom is -0.313 e. The minimum absolute atomic E-state index is 0.00643. The van der Waals surface area contributed by atoms with E-state index in [1.54, 1.807) is 0 Å². The van der Waals surface area contributed by atoms with E-state index in [1.165, 1.54) is 6.33 Å². The van der Waals surface area contributed by atoms with Gasteiger partial charge in [0.2, 0.25) is 0 Å². The first-order chi connectivity index (χ1) is 9.36. The summed E-state index contributed by atoms with van der Waals surface area (Å²) in [5, 5.41) is 7.17. The average Bonchev–Trinajstić information content (AvgIpc) is 2.75. The van der Waals surface area contributed by atoms with E-state index < -0.39 is 12.1 Å². The van der Waals surface area contributed by atoms with Crippen molar-refractivity contribution < 1.29 is 13.2 Å². The highest BCUT2D eigenvalue weighted by molar-refractivity contribution is 4.93. The SMILES string of the molecule is CC(C)Cn1ncnc1CC1CCC(C(F)(F)F)CN1. The molecule has 0 amide bonds. The molecule has 0 radical (unpaired) electrons. The van der Waals surface area contributed by atoms with Crippen LogP contribution in [0.2, 0.25) is 0 Å². The molecule has 0 bridgehead atoms. The molecule has 114 valence electrons. The number of aromatic nitrogens is 3. The van der Waals surface area contributed by atoms with Gasteiger partial charge < -0.3 is 5.32 Å². The Hall–Kier alpha value is -1.11. The third-order valence-corrected chi connectivity index (χ3v) is 3.64. The average molecular weight is 290 g/mol. The predicted octanol–water partition coefficient (Wildman–Crippen LogP) is 2.41. The van der Waals surface area contributed by atoms with Crippen molar-refractivity contribution >= 4 is 0 Å². The van der Waals surface area contributed by atoms with Gasteiger partial charge in [-0.1, -0.05) is 13.8 Å². The Bertz CT molecular complexity index is 419. The van der Waals surface area contributed by atoms with Crippen molar-refractivity contribution in [3.05, 3.63) is 12.2 Å². The fraction of sp³-hybridized carbons (Fsp3) is 0.846. The Morgan fingerprint density at radius 1 is 1.40 bits per heavy atom. The summed E-state index contributed by atoms with van der Waals surface area (Å²) in [4.78, 5) is 4.22. The first-order valence-corrected chi connectivity index (χ1v) is 7.03. The lowest BCUT2D eigenvalue weighted by Crippen LogP contribution is -2.45. The number of nitrogens with zero attached hydrogens (tertiary/aromatic N) is 3. The lowest BCUT2D eigenvalue weighted by Gasteiger charge is -2.31. The van der Waals surface area contributed by atoms with Gasteiger partial charge in [-0.15, -0.1) is 0 Å². The standard InChI is InChI=1S/C13H21F3N4/c1-9(2)7-20-12(18-8-19-20)5-11-4-3-10(6-17-11)13(14,15)16/h8-11,17H,3-7H2,1-2H3. The van der Waals surface area contributed by atoms with Crippen molar-refractivity contribution in [2.45, 2.75) is 51.9 Å². The second kappa shape index (κ2) is 6.11. The molecule has 1 aromatic heterocycles. The Morgan fingerprint density at radius 3 is 2.70 bits per heavy atom. The van der Waals surface area contributed by atoms with Gasteiger partial charge in [0.15, 0.2) is 0 Å². The summed E-state index contributed by atoms with van der Waals surface area (Å²) in [5.74, 6) is 0.0957. The number of alkyl halides is 3. The third-order valence-electron chi connectivity index (χ3n) is 3.64. The fourth-order valence-corrected chi connectivity index (χ4v) is 2.53. The maximum atomic E-state index is 12.6. The highest BCUT2D eigenvalue weighted by Crippen LogP contribution is 2.32. The molecule has 4 nitrogen and oxygen atoms in total. The molecular formula is C13H21F3N4. The number of rotatable bonds is 4. The van der Waals surface area contributed by atoms with E-state index in [4.69, 9.17) is 0 Å². The van der Waals surface area contributed by atoms with Crippen LogP contribution in [-0.4, -0.2) is 33.5 Å². The first kappa shape index (κ1) is 15.3. The van der Waals surface area contributed by atoms with Gasteiger partial charge in [-0.3, -0.25) is 0 Å². The van der Waals surface area contributed by atoms with Crippen LogP contribution in [0.15, 0.2) is 6.33 Å². The number of hydrogen-bond donors (Lipinski definition) is 1. The van der Waals surface area contributed by atoms with Crippen molar-refractivity contribution in [1.82, 2.24) is 20.1 Å². The maximum absolute atomic E-state index is 12.6. The molecule has 2 atom stereocenters. The van der Waals surface area contributed by atoms with Crippen LogP contribution in [0.25, 0.3) is 0 Å². The number of halogens is 3. The van der Waals surface area contributed by atoms with Crippen molar-refractivity contribution in [3.63, 3.8) is 0 Å². The lowest BCUT2D eigenvalue weighted by atomic mass is 9.92. The molecule has 1 fully saturated rings. The van der Waals surface area contributed by atoms with Crippen LogP contribution in [0.5, 0.6) is 0 Å². The van der Waals surface area contributed by atoms with Crippen LogP contribution in [0.3, 0.4) is 0 Å². The van der Waals surface area contributed by atoms with E-state index in [2.05, 4.69) is 29.2 Å². The zero-order valence-electron chi connectivity index (χ0n) is 11.8. The Morgan fingerprint density at radius 2 is 2.15 bits per heavy atom. The first-order valence-electron chi connectivity index (χ1n) is 7.03. The molecule has 1 aliphatic heterocycles. The zero-order chi connectivity index (χ0) is 14.8. The lowest BCUT2D eigenvalue weighted by molar-refractivity contribution is -0.179. The van der Waals surface area contributed by atoms with E-state index in [0.717, 1.165) is 12.4 Å². The van der Waals surface area contributed by atoms with E-state index in [9.17, 15) is 13.2 Å². The highest BCUT2D eigenvalue weighted by atomic mass is 19.4. The van der Waals surface area contributed by atoms with Gasteiger partial charge in [-0.25, -0.2) is 9.67 Å². The molecule has 2 rings (SSSR count). The van der Waals surface area contributed by atoms with Crippen LogP contribution in [0.1, 0.15) is 32.5 Å². The van der Waals surface area contributed by atoms with Crippen LogP contribution in [0.4, 0.5) is 13.2 Å². The fourth-order valence-electron chi connectivity index (χ4n) is 2.53. The molecule has 0 aliphatic carbocycles. The van der Waals surface area contributed by atoms with Crippen LogP contribution in [-0.2, 0) is 13.0 Å². The van der Waals surface area contributed by atoms with E-state index in [-0.39, 0.29) is 19.0 Å². The molecule has 20 heavy (non-hydrogen) atoms. The monoisotopic (exact) mass is 290 g/mol. The molecular weight excluding hydrogens is 269 g/mol. The molecule has 1 aliphatic rings. The zero-order valence-corrected chi connectivity index (χ0v) is 11.8. The van der Waals surface area contributed by atoms with E-state index >= 15 is 0 Å². The molecule has 2 heterocycles. The summed E-state index contributed by atoms with van der Waals surface area (Å²) in [7, 11) is 0. The van der Waals surface area contributed by atoms with Gasteiger partial charge in [0.1, 0.15) is 12.2 Å². The second-order valence-electron chi connectivity index (χ2n) is 5.88. The molecule has 1 saturated heterocycles. The smallest absolute Gasteiger partial charge is 0.313 e. The van der Waals surface area contributed by atoms with Gasteiger partial charge in [0, 0.05) is 25.6 Å². The summed E-state index contributed by atoms with van der Waals surface area (Å²) in [6.07, 6.45) is -1.22. The molecule has 2 unspecified atom stereocenters. The number of nitrogens with one attached hydrogen (secondary N) is 1. The second-order valence-corrected chi connectivity index (χ2v) is 5.88. The quantitative estimate of drug-likeness (QED) is 0.926. The maximum Gasteiger partial charge on any atom is 0.393 e. The van der Waals surface area contributed by atoms with Gasteiger partial charge in [0.25, 0.3) is 0 Å². The Labute approximate surface area is 116 Å². The normalized spacial score (nSPS) is 24.3. The summed E-state index contributed by atoms with van der Waals surface area (Å²) < 4.78 is 39.6. The largest absolute Gasteiger partial charge is 0.393 e. The minimum atomic E-state index is -4.09. The van der Waals surface area contributed by atoms with Crippen LogP contribution < -0.4 is 5.32 Å². The molecule has 0 saturated carbocycles. The molecule has 1 N–H and O–H groups in total. The van der Waals surface area contributed by atoms with Crippen LogP contribution in [0, 0.1) is 11.8 Å².